The van der Waals surface area contributed by atoms with Crippen LogP contribution in [0.4, 0.5) is 5.69 Å². The van der Waals surface area contributed by atoms with Gasteiger partial charge < -0.3 is 5.32 Å². The first kappa shape index (κ1) is 14.1. The lowest BCUT2D eigenvalue weighted by Crippen LogP contribution is -2.29. The Hall–Kier alpha value is -1.36. The third kappa shape index (κ3) is 4.67. The average Bonchev–Trinajstić information content (AvgIpc) is 2.84. The highest BCUT2D eigenvalue weighted by molar-refractivity contribution is 7.09. The van der Waals surface area contributed by atoms with Crippen molar-refractivity contribution in [3.05, 3.63) is 51.7 Å². The number of carbonyl (C=O) groups excluding carboxylic acids is 1. The number of benzene rings is 1. The van der Waals surface area contributed by atoms with Crippen LogP contribution in [0.1, 0.15) is 4.88 Å². The maximum Gasteiger partial charge on any atom is 0.238 e. The highest BCUT2D eigenvalue weighted by Gasteiger charge is 2.07. The molecule has 0 radical (unpaired) electrons. The summed E-state index contributed by atoms with van der Waals surface area (Å²) in [7, 11) is 1.93. The van der Waals surface area contributed by atoms with E-state index in [9.17, 15) is 4.79 Å². The fourth-order valence-corrected chi connectivity index (χ4v) is 2.61. The van der Waals surface area contributed by atoms with Crippen molar-refractivity contribution in [3.8, 4) is 0 Å². The Morgan fingerprint density at radius 3 is 2.68 bits per heavy atom. The number of nitrogens with one attached hydrogen (secondary N) is 1. The first-order chi connectivity index (χ1) is 9.13. The van der Waals surface area contributed by atoms with Crippen molar-refractivity contribution >= 4 is 34.5 Å². The second-order valence-corrected chi connectivity index (χ2v) is 5.78. The highest BCUT2D eigenvalue weighted by Crippen LogP contribution is 2.14. The number of anilines is 1. The van der Waals surface area contributed by atoms with Gasteiger partial charge >= 0.3 is 0 Å². The smallest absolute Gasteiger partial charge is 0.238 e. The molecule has 0 unspecified atom stereocenters. The Balaban J connectivity index is 1.82. The molecule has 5 heteroatoms. The van der Waals surface area contributed by atoms with Crippen molar-refractivity contribution in [1.82, 2.24) is 4.90 Å². The fraction of sp³-hybridized carbons (Fsp3) is 0.214. The zero-order valence-electron chi connectivity index (χ0n) is 10.6. The van der Waals surface area contributed by atoms with Crippen molar-refractivity contribution in [2.75, 3.05) is 18.9 Å². The van der Waals surface area contributed by atoms with E-state index in [1.807, 2.05) is 23.4 Å². The number of thiophene rings is 1. The van der Waals surface area contributed by atoms with Gasteiger partial charge in [0.25, 0.3) is 0 Å². The van der Waals surface area contributed by atoms with E-state index in [1.165, 1.54) is 4.88 Å². The van der Waals surface area contributed by atoms with Gasteiger partial charge in [-0.1, -0.05) is 17.7 Å². The number of likely N-dealkylation sites (N-methyl/N-ethyl adjacent to an activating group) is 1. The second kappa shape index (κ2) is 6.70. The molecule has 1 amide bonds. The van der Waals surface area contributed by atoms with E-state index < -0.39 is 0 Å². The molecule has 2 rings (SSSR count). The number of halogens is 1. The lowest BCUT2D eigenvalue weighted by Gasteiger charge is -2.15. The summed E-state index contributed by atoms with van der Waals surface area (Å²) in [5.74, 6) is -0.0265. The summed E-state index contributed by atoms with van der Waals surface area (Å²) in [4.78, 5) is 15.1. The van der Waals surface area contributed by atoms with Crippen molar-refractivity contribution in [2.24, 2.45) is 0 Å². The lowest BCUT2D eigenvalue weighted by molar-refractivity contribution is -0.117. The van der Waals surface area contributed by atoms with Crippen LogP contribution in [0.25, 0.3) is 0 Å². The van der Waals surface area contributed by atoms with Crippen LogP contribution in [-0.4, -0.2) is 24.4 Å². The third-order valence-corrected chi connectivity index (χ3v) is 3.66. The first-order valence-electron chi connectivity index (χ1n) is 5.90. The number of rotatable bonds is 5. The SMILES string of the molecule is CN(CC(=O)Nc1ccc(Cl)cc1)Cc1cccs1. The second-order valence-electron chi connectivity index (χ2n) is 4.31. The van der Waals surface area contributed by atoms with E-state index in [2.05, 4.69) is 11.4 Å². The van der Waals surface area contributed by atoms with Crippen LogP contribution in [0.15, 0.2) is 41.8 Å². The Morgan fingerprint density at radius 2 is 2.05 bits per heavy atom. The van der Waals surface area contributed by atoms with Crippen molar-refractivity contribution < 1.29 is 4.79 Å². The number of carbonyl (C=O) groups is 1. The first-order valence-corrected chi connectivity index (χ1v) is 7.15. The molecule has 100 valence electrons. The molecule has 1 N–H and O–H groups in total. The van der Waals surface area contributed by atoms with E-state index in [4.69, 9.17) is 11.6 Å². The zero-order valence-corrected chi connectivity index (χ0v) is 12.2. The summed E-state index contributed by atoms with van der Waals surface area (Å²) >= 11 is 7.49. The predicted molar refractivity (Wildman–Crippen MR) is 80.7 cm³/mol. The van der Waals surface area contributed by atoms with Crippen molar-refractivity contribution in [2.45, 2.75) is 6.54 Å². The molecule has 0 aliphatic rings. The molecule has 0 fully saturated rings. The Labute approximate surface area is 121 Å². The normalized spacial score (nSPS) is 10.7. The molecular formula is C14H15ClN2OS. The number of amides is 1. The van der Waals surface area contributed by atoms with Gasteiger partial charge in [0.05, 0.1) is 6.54 Å². The van der Waals surface area contributed by atoms with Crippen LogP contribution >= 0.6 is 22.9 Å². The summed E-state index contributed by atoms with van der Waals surface area (Å²) in [5.41, 5.74) is 0.763. The molecule has 19 heavy (non-hydrogen) atoms. The molecule has 1 aromatic heterocycles. The summed E-state index contributed by atoms with van der Waals surface area (Å²) in [6.07, 6.45) is 0. The minimum atomic E-state index is -0.0265. The van der Waals surface area contributed by atoms with Crippen LogP contribution in [0.2, 0.25) is 5.02 Å². The van der Waals surface area contributed by atoms with Gasteiger partial charge in [0.1, 0.15) is 0 Å². The van der Waals surface area contributed by atoms with Gasteiger partial charge in [-0.3, -0.25) is 9.69 Å². The molecule has 0 aliphatic heterocycles. The van der Waals surface area contributed by atoms with E-state index >= 15 is 0 Å². The number of hydrogen-bond donors (Lipinski definition) is 1. The minimum Gasteiger partial charge on any atom is -0.325 e. The molecule has 1 aromatic carbocycles. The van der Waals surface area contributed by atoms with E-state index in [-0.39, 0.29) is 5.91 Å². The van der Waals surface area contributed by atoms with Gasteiger partial charge in [0.2, 0.25) is 5.91 Å². The summed E-state index contributed by atoms with van der Waals surface area (Å²) in [5, 5.41) is 5.54. The van der Waals surface area contributed by atoms with Gasteiger partial charge in [-0.05, 0) is 42.8 Å². The maximum atomic E-state index is 11.9. The Bertz CT molecular complexity index is 525. The Morgan fingerprint density at radius 1 is 1.32 bits per heavy atom. The Kier molecular flexibility index (Phi) is 4.96. The summed E-state index contributed by atoms with van der Waals surface area (Å²) < 4.78 is 0. The molecular weight excluding hydrogens is 280 g/mol. The molecule has 0 saturated heterocycles. The third-order valence-electron chi connectivity index (χ3n) is 2.55. The predicted octanol–water partition coefficient (Wildman–Crippen LogP) is 3.47. The quantitative estimate of drug-likeness (QED) is 0.916. The molecule has 0 aliphatic carbocycles. The number of nitrogens with zero attached hydrogens (tertiary/aromatic N) is 1. The standard InChI is InChI=1S/C14H15ClN2OS/c1-17(9-13-3-2-8-19-13)10-14(18)16-12-6-4-11(15)5-7-12/h2-8H,9-10H2,1H3,(H,16,18). The van der Waals surface area contributed by atoms with E-state index in [0.29, 0.717) is 11.6 Å². The zero-order chi connectivity index (χ0) is 13.7. The molecule has 0 bridgehead atoms. The van der Waals surface area contributed by atoms with Crippen molar-refractivity contribution in [3.63, 3.8) is 0 Å². The molecule has 1 heterocycles. The number of hydrogen-bond acceptors (Lipinski definition) is 3. The van der Waals surface area contributed by atoms with E-state index in [0.717, 1.165) is 12.2 Å². The minimum absolute atomic E-state index is 0.0265. The van der Waals surface area contributed by atoms with Crippen LogP contribution in [-0.2, 0) is 11.3 Å². The van der Waals surface area contributed by atoms with Gasteiger partial charge in [0.15, 0.2) is 0 Å². The monoisotopic (exact) mass is 294 g/mol. The van der Waals surface area contributed by atoms with Gasteiger partial charge in [-0.15, -0.1) is 11.3 Å². The van der Waals surface area contributed by atoms with E-state index in [1.54, 1.807) is 35.6 Å². The lowest BCUT2D eigenvalue weighted by atomic mass is 10.3. The summed E-state index contributed by atoms with van der Waals surface area (Å²) in [6, 6.07) is 11.2. The van der Waals surface area contributed by atoms with Crippen LogP contribution in [0.3, 0.4) is 0 Å². The van der Waals surface area contributed by atoms with Crippen LogP contribution < -0.4 is 5.32 Å². The largest absolute Gasteiger partial charge is 0.325 e. The highest BCUT2D eigenvalue weighted by atomic mass is 35.5. The van der Waals surface area contributed by atoms with Gasteiger partial charge in [0, 0.05) is 22.1 Å². The van der Waals surface area contributed by atoms with Crippen LogP contribution in [0, 0.1) is 0 Å². The summed E-state index contributed by atoms with van der Waals surface area (Å²) in [6.45, 7) is 1.15. The van der Waals surface area contributed by atoms with Gasteiger partial charge in [-0.2, -0.15) is 0 Å². The molecule has 3 nitrogen and oxygen atoms in total. The average molecular weight is 295 g/mol. The fourth-order valence-electron chi connectivity index (χ4n) is 1.70. The molecule has 0 atom stereocenters. The topological polar surface area (TPSA) is 32.3 Å². The molecule has 0 spiro atoms. The maximum absolute atomic E-state index is 11.9. The molecule has 2 aromatic rings. The van der Waals surface area contributed by atoms with Crippen molar-refractivity contribution in [1.29, 1.82) is 0 Å². The van der Waals surface area contributed by atoms with Gasteiger partial charge in [-0.25, -0.2) is 0 Å². The van der Waals surface area contributed by atoms with Crippen LogP contribution in [0.5, 0.6) is 0 Å². The molecule has 0 saturated carbocycles.